The van der Waals surface area contributed by atoms with Crippen LogP contribution in [-0.4, -0.2) is 34.4 Å². The van der Waals surface area contributed by atoms with Gasteiger partial charge in [0.15, 0.2) is 5.58 Å². The van der Waals surface area contributed by atoms with Gasteiger partial charge in [-0.2, -0.15) is 0 Å². The lowest BCUT2D eigenvalue weighted by molar-refractivity contribution is -0.131. The Morgan fingerprint density at radius 2 is 2.14 bits per heavy atom. The fourth-order valence-corrected chi connectivity index (χ4v) is 3.47. The first-order chi connectivity index (χ1) is 10.2. The van der Waals surface area contributed by atoms with E-state index in [1.54, 1.807) is 4.90 Å². The normalized spacial score (nSPS) is 22.4. The molecule has 1 aromatic heterocycles. The van der Waals surface area contributed by atoms with Gasteiger partial charge < -0.3 is 9.42 Å². The maximum absolute atomic E-state index is 12.5. The van der Waals surface area contributed by atoms with Gasteiger partial charge in [0, 0.05) is 18.5 Å². The standard InChI is InChI=1S/C16H19ClN2O2/c1-19(14-8-4-3-7-12(14)17)16(20)10-13-11-6-2-5-9-15(11)21-18-13/h2,5-6,9,12,14H,3-4,7-8,10H2,1H3. The maximum atomic E-state index is 12.5. The van der Waals surface area contributed by atoms with Crippen molar-refractivity contribution >= 4 is 28.5 Å². The Balaban J connectivity index is 1.73. The van der Waals surface area contributed by atoms with E-state index in [4.69, 9.17) is 16.1 Å². The minimum atomic E-state index is 0.0478. The topological polar surface area (TPSA) is 46.3 Å². The number of carbonyl (C=O) groups excluding carboxylic acids is 1. The van der Waals surface area contributed by atoms with Crippen molar-refractivity contribution in [1.29, 1.82) is 0 Å². The average molecular weight is 307 g/mol. The summed E-state index contributed by atoms with van der Waals surface area (Å²) >= 11 is 6.37. The molecule has 1 aliphatic rings. The molecule has 5 heteroatoms. The van der Waals surface area contributed by atoms with Gasteiger partial charge in [0.1, 0.15) is 5.69 Å². The molecule has 1 fully saturated rings. The van der Waals surface area contributed by atoms with Crippen LogP contribution >= 0.6 is 11.6 Å². The van der Waals surface area contributed by atoms with Crippen molar-refractivity contribution in [2.75, 3.05) is 7.05 Å². The highest BCUT2D eigenvalue weighted by Gasteiger charge is 2.29. The zero-order chi connectivity index (χ0) is 14.8. The van der Waals surface area contributed by atoms with Crippen LogP contribution in [-0.2, 0) is 11.2 Å². The third-order valence-electron chi connectivity index (χ3n) is 4.31. The zero-order valence-electron chi connectivity index (χ0n) is 12.1. The molecular formula is C16H19ClN2O2. The van der Waals surface area contributed by atoms with Gasteiger partial charge in [0.25, 0.3) is 0 Å². The van der Waals surface area contributed by atoms with Crippen LogP contribution in [0.2, 0.25) is 0 Å². The summed E-state index contributed by atoms with van der Waals surface area (Å²) in [6.45, 7) is 0. The van der Waals surface area contributed by atoms with E-state index >= 15 is 0 Å². The molecule has 1 amide bonds. The van der Waals surface area contributed by atoms with E-state index in [0.717, 1.165) is 36.7 Å². The zero-order valence-corrected chi connectivity index (χ0v) is 12.8. The number of benzene rings is 1. The summed E-state index contributed by atoms with van der Waals surface area (Å²) in [4.78, 5) is 14.3. The number of hydrogen-bond donors (Lipinski definition) is 0. The van der Waals surface area contributed by atoms with Crippen LogP contribution in [0.15, 0.2) is 28.8 Å². The van der Waals surface area contributed by atoms with Gasteiger partial charge in [-0.05, 0) is 25.0 Å². The summed E-state index contributed by atoms with van der Waals surface area (Å²) in [5.41, 5.74) is 1.42. The highest BCUT2D eigenvalue weighted by molar-refractivity contribution is 6.21. The van der Waals surface area contributed by atoms with Crippen molar-refractivity contribution in [2.45, 2.75) is 43.5 Å². The molecule has 2 aromatic rings. The van der Waals surface area contributed by atoms with Crippen LogP contribution in [0.1, 0.15) is 31.4 Å². The molecule has 1 saturated carbocycles. The molecule has 0 saturated heterocycles. The minimum absolute atomic E-state index is 0.0478. The highest BCUT2D eigenvalue weighted by atomic mass is 35.5. The molecule has 0 N–H and O–H groups in total. The third kappa shape index (κ3) is 2.91. The van der Waals surface area contributed by atoms with Gasteiger partial charge in [-0.3, -0.25) is 4.79 Å². The second kappa shape index (κ2) is 6.06. The van der Waals surface area contributed by atoms with Crippen LogP contribution in [0.5, 0.6) is 0 Å². The molecule has 3 rings (SSSR count). The Hall–Kier alpha value is -1.55. The number of para-hydroxylation sites is 1. The number of hydrogen-bond acceptors (Lipinski definition) is 3. The largest absolute Gasteiger partial charge is 0.356 e. The number of nitrogens with zero attached hydrogens (tertiary/aromatic N) is 2. The fraction of sp³-hybridized carbons (Fsp3) is 0.500. The number of alkyl halides is 1. The van der Waals surface area contributed by atoms with Crippen molar-refractivity contribution in [3.05, 3.63) is 30.0 Å². The second-order valence-electron chi connectivity index (χ2n) is 5.67. The molecule has 0 spiro atoms. The van der Waals surface area contributed by atoms with E-state index in [9.17, 15) is 4.79 Å². The Labute approximate surface area is 129 Å². The van der Waals surface area contributed by atoms with Crippen LogP contribution in [0.3, 0.4) is 0 Å². The van der Waals surface area contributed by atoms with Crippen LogP contribution < -0.4 is 0 Å². The third-order valence-corrected chi connectivity index (χ3v) is 4.82. The number of likely N-dealkylation sites (N-methyl/N-ethyl adjacent to an activating group) is 1. The molecule has 2 unspecified atom stereocenters. The van der Waals surface area contributed by atoms with Crippen molar-refractivity contribution < 1.29 is 9.32 Å². The van der Waals surface area contributed by atoms with Crippen LogP contribution in [0.4, 0.5) is 0 Å². The molecule has 4 nitrogen and oxygen atoms in total. The summed E-state index contributed by atoms with van der Waals surface area (Å²) in [6.07, 6.45) is 4.51. The second-order valence-corrected chi connectivity index (χ2v) is 6.24. The summed E-state index contributed by atoms with van der Waals surface area (Å²) in [5.74, 6) is 0.0478. The number of aromatic nitrogens is 1. The summed E-state index contributed by atoms with van der Waals surface area (Å²) in [6, 6.07) is 7.74. The quantitative estimate of drug-likeness (QED) is 0.817. The molecule has 21 heavy (non-hydrogen) atoms. The lowest BCUT2D eigenvalue weighted by Crippen LogP contribution is -2.44. The molecule has 0 bridgehead atoms. The Bertz CT molecular complexity index is 640. The molecule has 2 atom stereocenters. The lowest BCUT2D eigenvalue weighted by atomic mass is 9.93. The van der Waals surface area contributed by atoms with Gasteiger partial charge in [-0.1, -0.05) is 30.1 Å². The summed E-state index contributed by atoms with van der Waals surface area (Å²) < 4.78 is 5.25. The first-order valence-corrected chi connectivity index (χ1v) is 7.83. The number of carbonyl (C=O) groups is 1. The molecular weight excluding hydrogens is 288 g/mol. The first kappa shape index (κ1) is 14.4. The smallest absolute Gasteiger partial charge is 0.228 e. The Morgan fingerprint density at radius 1 is 1.38 bits per heavy atom. The van der Waals surface area contributed by atoms with Gasteiger partial charge in [-0.15, -0.1) is 11.6 Å². The van der Waals surface area contributed by atoms with Crippen LogP contribution in [0.25, 0.3) is 11.0 Å². The first-order valence-electron chi connectivity index (χ1n) is 7.40. The number of halogens is 1. The average Bonchev–Trinajstić information content (AvgIpc) is 2.90. The predicted molar refractivity (Wildman–Crippen MR) is 82.4 cm³/mol. The molecule has 112 valence electrons. The molecule has 1 aromatic carbocycles. The van der Waals surface area contributed by atoms with Gasteiger partial charge in [0.05, 0.1) is 11.8 Å². The van der Waals surface area contributed by atoms with E-state index in [0.29, 0.717) is 5.69 Å². The summed E-state index contributed by atoms with van der Waals surface area (Å²) in [5, 5.41) is 4.99. The van der Waals surface area contributed by atoms with Gasteiger partial charge >= 0.3 is 0 Å². The summed E-state index contributed by atoms with van der Waals surface area (Å²) in [7, 11) is 1.84. The maximum Gasteiger partial charge on any atom is 0.228 e. The van der Waals surface area contributed by atoms with Crippen molar-refractivity contribution in [3.63, 3.8) is 0 Å². The van der Waals surface area contributed by atoms with Crippen molar-refractivity contribution in [2.24, 2.45) is 0 Å². The van der Waals surface area contributed by atoms with E-state index < -0.39 is 0 Å². The van der Waals surface area contributed by atoms with Gasteiger partial charge in [-0.25, -0.2) is 0 Å². The monoisotopic (exact) mass is 306 g/mol. The van der Waals surface area contributed by atoms with Gasteiger partial charge in [0.2, 0.25) is 5.91 Å². The highest BCUT2D eigenvalue weighted by Crippen LogP contribution is 2.27. The molecule has 0 aliphatic heterocycles. The number of amides is 1. The Morgan fingerprint density at radius 3 is 2.95 bits per heavy atom. The minimum Gasteiger partial charge on any atom is -0.356 e. The van der Waals surface area contributed by atoms with E-state index in [1.807, 2.05) is 31.3 Å². The molecule has 1 heterocycles. The van der Waals surface area contributed by atoms with E-state index in [2.05, 4.69) is 5.16 Å². The lowest BCUT2D eigenvalue weighted by Gasteiger charge is -2.34. The van der Waals surface area contributed by atoms with Crippen molar-refractivity contribution in [1.82, 2.24) is 10.1 Å². The SMILES string of the molecule is CN(C(=O)Cc1noc2ccccc12)C1CCCCC1Cl. The molecule has 0 radical (unpaired) electrons. The molecule has 1 aliphatic carbocycles. The van der Waals surface area contributed by atoms with Crippen LogP contribution in [0, 0.1) is 0 Å². The number of rotatable bonds is 3. The fourth-order valence-electron chi connectivity index (χ4n) is 3.02. The van der Waals surface area contributed by atoms with Crippen molar-refractivity contribution in [3.8, 4) is 0 Å². The van der Waals surface area contributed by atoms with E-state index in [1.165, 1.54) is 0 Å². The van der Waals surface area contributed by atoms with E-state index in [-0.39, 0.29) is 23.7 Å². The number of fused-ring (bicyclic) bond motifs is 1. The Kier molecular flexibility index (Phi) is 4.15. The predicted octanol–water partition coefficient (Wildman–Crippen LogP) is 3.38.